The standard InChI is InChI=1S/C21H25N5O3S.K/c27-21(24-20-18-5-1-3-15(18)7-16-4-2-6-19(16)20)25-30(28,29)17-11-26(12-17)10-14-8-22-13-23-9-14;/h7-9,13,17H,1-6,10-12H2,(H2,24,25,27);/q;+1/p-1. The zero-order valence-corrected chi connectivity index (χ0v) is 21.6. The first-order valence-electron chi connectivity index (χ1n) is 10.4. The molecule has 10 heteroatoms. The SMILES string of the molecule is O=C([N-]S(=O)(=O)C1CN(Cc2cncnc2)C1)Nc1c2c(cc3c1CCC3)CCC2.[K+]. The van der Waals surface area contributed by atoms with Gasteiger partial charge in [-0.25, -0.2) is 18.4 Å². The van der Waals surface area contributed by atoms with Crippen LogP contribution < -0.4 is 56.7 Å². The van der Waals surface area contributed by atoms with E-state index >= 15 is 0 Å². The third-order valence-corrected chi connectivity index (χ3v) is 7.84. The molecule has 5 rings (SSSR count). The third-order valence-electron chi connectivity index (χ3n) is 6.28. The van der Waals surface area contributed by atoms with Crippen LogP contribution in [0.15, 0.2) is 24.8 Å². The number of urea groups is 1. The molecule has 1 N–H and O–H groups in total. The number of aryl methyl sites for hydroxylation is 2. The number of amides is 2. The second-order valence-electron chi connectivity index (χ2n) is 8.33. The average Bonchev–Trinajstić information content (AvgIpc) is 3.33. The predicted molar refractivity (Wildman–Crippen MR) is 113 cm³/mol. The number of nitrogens with one attached hydrogen (secondary N) is 1. The van der Waals surface area contributed by atoms with Crippen LogP contribution in [0.4, 0.5) is 10.5 Å². The Balaban J connectivity index is 0.00000231. The number of rotatable bonds is 5. The molecule has 0 unspecified atom stereocenters. The molecule has 2 heterocycles. The largest absolute Gasteiger partial charge is 1.00 e. The Kier molecular flexibility index (Phi) is 7.17. The van der Waals surface area contributed by atoms with Crippen LogP contribution in [0.25, 0.3) is 4.72 Å². The van der Waals surface area contributed by atoms with Gasteiger partial charge in [0.25, 0.3) is 0 Å². The summed E-state index contributed by atoms with van der Waals surface area (Å²) in [4.78, 5) is 22.5. The van der Waals surface area contributed by atoms with E-state index in [0.717, 1.165) is 60.9 Å². The number of hydrogen-bond donors (Lipinski definition) is 1. The van der Waals surface area contributed by atoms with E-state index in [9.17, 15) is 13.2 Å². The quantitative estimate of drug-likeness (QED) is 0.601. The van der Waals surface area contributed by atoms with Gasteiger partial charge in [0.1, 0.15) is 6.33 Å². The number of fused-ring (bicyclic) bond motifs is 2. The molecular weight excluding hydrogens is 441 g/mol. The molecule has 2 aliphatic carbocycles. The summed E-state index contributed by atoms with van der Waals surface area (Å²) in [6.45, 7) is 1.29. The number of benzene rings is 1. The van der Waals surface area contributed by atoms with Crippen LogP contribution >= 0.6 is 0 Å². The maximum Gasteiger partial charge on any atom is 1.00 e. The number of hydrogen-bond acceptors (Lipinski definition) is 6. The molecule has 0 bridgehead atoms. The monoisotopic (exact) mass is 465 g/mol. The first kappa shape index (κ1) is 23.3. The van der Waals surface area contributed by atoms with Crippen LogP contribution in [-0.4, -0.2) is 47.7 Å². The molecule has 1 aromatic heterocycles. The number of anilines is 1. The Hall–Kier alpha value is -0.884. The van der Waals surface area contributed by atoms with Crippen LogP contribution in [0.3, 0.4) is 0 Å². The zero-order valence-electron chi connectivity index (χ0n) is 17.7. The molecule has 1 saturated heterocycles. The molecule has 0 saturated carbocycles. The third kappa shape index (κ3) is 4.90. The number of sulfonamides is 1. The van der Waals surface area contributed by atoms with Crippen LogP contribution in [0, 0.1) is 0 Å². The topological polar surface area (TPSA) is 106 Å². The van der Waals surface area contributed by atoms with Crippen molar-refractivity contribution < 1.29 is 64.6 Å². The van der Waals surface area contributed by atoms with E-state index in [2.05, 4.69) is 26.1 Å². The van der Waals surface area contributed by atoms with Gasteiger partial charge in [-0.15, -0.1) is 0 Å². The summed E-state index contributed by atoms with van der Waals surface area (Å²) in [5, 5.41) is 2.19. The summed E-state index contributed by atoms with van der Waals surface area (Å²) >= 11 is 0. The van der Waals surface area contributed by atoms with E-state index in [4.69, 9.17) is 0 Å². The fourth-order valence-electron chi connectivity index (χ4n) is 4.80. The molecule has 0 radical (unpaired) electrons. The fraction of sp³-hybridized carbons (Fsp3) is 0.476. The first-order chi connectivity index (χ1) is 14.5. The van der Waals surface area contributed by atoms with Gasteiger partial charge in [-0.1, -0.05) is 6.07 Å². The van der Waals surface area contributed by atoms with E-state index in [0.29, 0.717) is 19.6 Å². The van der Waals surface area contributed by atoms with Crippen molar-refractivity contribution in [3.63, 3.8) is 0 Å². The molecule has 3 aliphatic rings. The van der Waals surface area contributed by atoms with Crippen molar-refractivity contribution in [1.29, 1.82) is 0 Å². The molecule has 158 valence electrons. The minimum absolute atomic E-state index is 0. The van der Waals surface area contributed by atoms with E-state index in [-0.39, 0.29) is 51.4 Å². The van der Waals surface area contributed by atoms with Gasteiger partial charge in [-0.2, -0.15) is 0 Å². The second kappa shape index (κ2) is 9.54. The Morgan fingerprint density at radius 1 is 1.06 bits per heavy atom. The molecular formula is C21H24KN5O3S. The Labute approximate surface area is 225 Å². The molecule has 1 aliphatic heterocycles. The first-order valence-corrected chi connectivity index (χ1v) is 11.9. The molecule has 0 atom stereocenters. The molecule has 2 aromatic rings. The Morgan fingerprint density at radius 2 is 1.68 bits per heavy atom. The van der Waals surface area contributed by atoms with Gasteiger partial charge in [0.2, 0.25) is 0 Å². The van der Waals surface area contributed by atoms with Crippen LogP contribution in [-0.2, 0) is 42.3 Å². The van der Waals surface area contributed by atoms with Crippen LogP contribution in [0.5, 0.6) is 0 Å². The molecule has 8 nitrogen and oxygen atoms in total. The molecule has 31 heavy (non-hydrogen) atoms. The van der Waals surface area contributed by atoms with Gasteiger partial charge in [0, 0.05) is 37.6 Å². The summed E-state index contributed by atoms with van der Waals surface area (Å²) in [5.41, 5.74) is 6.64. The zero-order chi connectivity index (χ0) is 20.7. The number of carbonyl (C=O) groups excluding carboxylic acids is 1. The summed E-state index contributed by atoms with van der Waals surface area (Å²) < 4.78 is 28.8. The van der Waals surface area contributed by atoms with E-state index in [1.807, 2.05) is 4.90 Å². The maximum absolute atomic E-state index is 12.6. The van der Waals surface area contributed by atoms with E-state index < -0.39 is 21.3 Å². The molecule has 0 spiro atoms. The van der Waals surface area contributed by atoms with Gasteiger partial charge in [0.05, 0.1) is 5.25 Å². The number of carbonyl (C=O) groups is 1. The summed E-state index contributed by atoms with van der Waals surface area (Å²) in [6, 6.07) is 1.49. The average molecular weight is 466 g/mol. The second-order valence-corrected chi connectivity index (χ2v) is 10.2. The Morgan fingerprint density at radius 3 is 2.29 bits per heavy atom. The van der Waals surface area contributed by atoms with Gasteiger partial charge in [0.15, 0.2) is 16.1 Å². The van der Waals surface area contributed by atoms with Crippen molar-refractivity contribution in [1.82, 2.24) is 14.9 Å². The van der Waals surface area contributed by atoms with Crippen LogP contribution in [0.2, 0.25) is 0 Å². The van der Waals surface area contributed by atoms with E-state index in [1.165, 1.54) is 17.5 Å². The Bertz CT molecular complexity index is 1060. The number of nitrogens with zero attached hydrogens (tertiary/aromatic N) is 4. The fourth-order valence-corrected chi connectivity index (χ4v) is 6.02. The number of aromatic nitrogens is 2. The van der Waals surface area contributed by atoms with Crippen molar-refractivity contribution in [2.24, 2.45) is 0 Å². The molecule has 1 fully saturated rings. The van der Waals surface area contributed by atoms with Crippen molar-refractivity contribution in [2.45, 2.75) is 50.3 Å². The van der Waals surface area contributed by atoms with Gasteiger partial charge >= 0.3 is 51.4 Å². The summed E-state index contributed by atoms with van der Waals surface area (Å²) in [6.07, 6.45) is 10.9. The molecule has 1 aromatic carbocycles. The summed E-state index contributed by atoms with van der Waals surface area (Å²) in [7, 11) is -3.86. The minimum atomic E-state index is -3.86. The number of likely N-dealkylation sites (tertiary alicyclic amines) is 1. The van der Waals surface area contributed by atoms with E-state index in [1.54, 1.807) is 12.4 Å². The van der Waals surface area contributed by atoms with Gasteiger partial charge in [-0.3, -0.25) is 9.69 Å². The van der Waals surface area contributed by atoms with Crippen LogP contribution in [0.1, 0.15) is 40.7 Å². The normalized spacial score (nSPS) is 17.9. The smallest absolute Gasteiger partial charge is 0.423 e. The predicted octanol–water partition coefficient (Wildman–Crippen LogP) is -0.422. The van der Waals surface area contributed by atoms with Crippen molar-refractivity contribution in [3.05, 3.63) is 57.3 Å². The molecule has 2 amide bonds. The maximum atomic E-state index is 12.6. The van der Waals surface area contributed by atoms with Crippen molar-refractivity contribution >= 4 is 21.7 Å². The van der Waals surface area contributed by atoms with Crippen molar-refractivity contribution in [3.8, 4) is 0 Å². The minimum Gasteiger partial charge on any atom is -0.423 e. The van der Waals surface area contributed by atoms with Crippen molar-refractivity contribution in [2.75, 3.05) is 18.4 Å². The van der Waals surface area contributed by atoms with Gasteiger partial charge < -0.3 is 10.0 Å². The summed E-state index contributed by atoms with van der Waals surface area (Å²) in [5.74, 6) is 0. The van der Waals surface area contributed by atoms with Gasteiger partial charge in [-0.05, 0) is 66.5 Å².